The Balaban J connectivity index is 1.81. The van der Waals surface area contributed by atoms with Crippen molar-refractivity contribution in [3.63, 3.8) is 0 Å². The van der Waals surface area contributed by atoms with Crippen LogP contribution in [0.3, 0.4) is 0 Å². The molecule has 0 aliphatic heterocycles. The SMILES string of the molecule is CC1(C)C2CCC1(CC(C=O)O[P+](=O)c1ccccc1)C(=O)C2=O. The second-order valence-electron chi connectivity index (χ2n) is 7.17. The fourth-order valence-electron chi connectivity index (χ4n) is 4.31. The average molecular weight is 347 g/mol. The summed E-state index contributed by atoms with van der Waals surface area (Å²) >= 11 is 0. The summed E-state index contributed by atoms with van der Waals surface area (Å²) in [6.45, 7) is 3.82. The molecule has 6 heteroatoms. The molecule has 2 fully saturated rings. The van der Waals surface area contributed by atoms with E-state index in [0.29, 0.717) is 24.4 Å². The lowest BCUT2D eigenvalue weighted by atomic mass is 9.66. The highest BCUT2D eigenvalue weighted by Gasteiger charge is 2.69. The summed E-state index contributed by atoms with van der Waals surface area (Å²) in [7, 11) is -2.19. The number of Topliss-reactive ketones (excluding diaryl/α,β-unsaturated/α-hetero) is 2. The first-order valence-electron chi connectivity index (χ1n) is 8.06. The van der Waals surface area contributed by atoms with Gasteiger partial charge in [-0.25, -0.2) is 0 Å². The number of hydrogen-bond donors (Lipinski definition) is 0. The molecule has 1 aromatic rings. The molecule has 2 aliphatic carbocycles. The minimum atomic E-state index is -2.19. The molecule has 4 atom stereocenters. The third-order valence-electron chi connectivity index (χ3n) is 5.84. The Labute approximate surface area is 141 Å². The largest absolute Gasteiger partial charge is 0.549 e. The van der Waals surface area contributed by atoms with Gasteiger partial charge in [0, 0.05) is 11.3 Å². The van der Waals surface area contributed by atoms with Crippen LogP contribution in [0.5, 0.6) is 0 Å². The molecule has 2 aliphatic rings. The van der Waals surface area contributed by atoms with Gasteiger partial charge in [0.2, 0.25) is 16.9 Å². The van der Waals surface area contributed by atoms with Gasteiger partial charge >= 0.3 is 8.03 Å². The molecule has 0 radical (unpaired) electrons. The lowest BCUT2D eigenvalue weighted by Crippen LogP contribution is -2.40. The molecule has 0 aromatic heterocycles. The quantitative estimate of drug-likeness (QED) is 0.449. The van der Waals surface area contributed by atoms with Gasteiger partial charge in [-0.3, -0.25) is 9.59 Å². The van der Waals surface area contributed by atoms with Gasteiger partial charge < -0.3 is 4.79 Å². The summed E-state index contributed by atoms with van der Waals surface area (Å²) in [6, 6.07) is 8.61. The third kappa shape index (κ3) is 2.38. The minimum Gasteiger partial charge on any atom is -0.300 e. The van der Waals surface area contributed by atoms with Crippen LogP contribution in [0.2, 0.25) is 0 Å². The molecular formula is C18H20O5P+. The van der Waals surface area contributed by atoms with E-state index in [4.69, 9.17) is 4.52 Å². The smallest absolute Gasteiger partial charge is 0.300 e. The van der Waals surface area contributed by atoms with Crippen LogP contribution in [-0.4, -0.2) is 24.0 Å². The van der Waals surface area contributed by atoms with Gasteiger partial charge in [0.05, 0.1) is 0 Å². The van der Waals surface area contributed by atoms with E-state index < -0.39 is 30.7 Å². The Kier molecular flexibility index (Phi) is 4.27. The molecule has 2 bridgehead atoms. The zero-order chi connectivity index (χ0) is 17.5. The van der Waals surface area contributed by atoms with Crippen LogP contribution in [0, 0.1) is 16.7 Å². The van der Waals surface area contributed by atoms with Crippen molar-refractivity contribution in [1.29, 1.82) is 0 Å². The fraction of sp³-hybridized carbons (Fsp3) is 0.500. The minimum absolute atomic E-state index is 0.110. The van der Waals surface area contributed by atoms with Crippen molar-refractivity contribution in [2.24, 2.45) is 16.7 Å². The monoisotopic (exact) mass is 347 g/mol. The van der Waals surface area contributed by atoms with Gasteiger partial charge in [0.25, 0.3) is 0 Å². The number of carbonyl (C=O) groups is 3. The van der Waals surface area contributed by atoms with E-state index in [1.807, 2.05) is 13.8 Å². The third-order valence-corrected chi connectivity index (χ3v) is 7.02. The maximum absolute atomic E-state index is 12.5. The predicted octanol–water partition coefficient (Wildman–Crippen LogP) is 2.60. The molecule has 4 unspecified atom stereocenters. The van der Waals surface area contributed by atoms with Crippen molar-refractivity contribution in [1.82, 2.24) is 0 Å². The zero-order valence-electron chi connectivity index (χ0n) is 13.7. The highest BCUT2D eigenvalue weighted by Crippen LogP contribution is 2.64. The predicted molar refractivity (Wildman–Crippen MR) is 88.2 cm³/mol. The highest BCUT2D eigenvalue weighted by molar-refractivity contribution is 7.48. The van der Waals surface area contributed by atoms with Crippen LogP contribution in [0.1, 0.15) is 33.1 Å². The Morgan fingerprint density at radius 1 is 1.29 bits per heavy atom. The molecule has 3 rings (SSSR count). The van der Waals surface area contributed by atoms with Gasteiger partial charge in [-0.15, -0.1) is 4.52 Å². The van der Waals surface area contributed by atoms with Gasteiger partial charge in [-0.2, -0.15) is 0 Å². The van der Waals surface area contributed by atoms with E-state index in [2.05, 4.69) is 0 Å². The Hall–Kier alpha value is -1.71. The summed E-state index contributed by atoms with van der Waals surface area (Å²) in [5, 5.41) is 0.495. The Morgan fingerprint density at radius 3 is 2.50 bits per heavy atom. The summed E-state index contributed by atoms with van der Waals surface area (Å²) in [5.41, 5.74) is -1.38. The number of benzene rings is 1. The van der Waals surface area contributed by atoms with Crippen molar-refractivity contribution in [3.05, 3.63) is 30.3 Å². The molecule has 24 heavy (non-hydrogen) atoms. The number of hydrogen-bond acceptors (Lipinski definition) is 5. The fourth-order valence-corrected chi connectivity index (χ4v) is 5.22. The summed E-state index contributed by atoms with van der Waals surface area (Å²) in [5.74, 6) is -1.00. The highest BCUT2D eigenvalue weighted by atomic mass is 31.1. The van der Waals surface area contributed by atoms with Crippen LogP contribution >= 0.6 is 8.03 Å². The lowest BCUT2D eigenvalue weighted by Gasteiger charge is -2.36. The van der Waals surface area contributed by atoms with E-state index >= 15 is 0 Å². The zero-order valence-corrected chi connectivity index (χ0v) is 14.6. The first-order chi connectivity index (χ1) is 11.3. The van der Waals surface area contributed by atoms with Crippen molar-refractivity contribution in [2.45, 2.75) is 39.2 Å². The number of carbonyl (C=O) groups excluding carboxylic acids is 3. The summed E-state index contributed by atoms with van der Waals surface area (Å²) < 4.78 is 17.8. The van der Waals surface area contributed by atoms with E-state index in [-0.39, 0.29) is 18.1 Å². The second-order valence-corrected chi connectivity index (χ2v) is 8.41. The second kappa shape index (κ2) is 5.98. The van der Waals surface area contributed by atoms with Crippen LogP contribution in [-0.2, 0) is 23.5 Å². The molecule has 126 valence electrons. The Bertz CT molecular complexity index is 711. The van der Waals surface area contributed by atoms with E-state index in [1.165, 1.54) is 0 Å². The maximum atomic E-state index is 12.5. The van der Waals surface area contributed by atoms with E-state index in [0.717, 1.165) is 0 Å². The summed E-state index contributed by atoms with van der Waals surface area (Å²) in [6.07, 6.45) is 0.962. The molecule has 0 heterocycles. The first kappa shape index (κ1) is 17.1. The molecule has 1 aromatic carbocycles. The van der Waals surface area contributed by atoms with Gasteiger partial charge in [-0.05, 0) is 41.4 Å². The van der Waals surface area contributed by atoms with Gasteiger partial charge in [-0.1, -0.05) is 32.0 Å². The van der Waals surface area contributed by atoms with Crippen molar-refractivity contribution in [2.75, 3.05) is 0 Å². The normalized spacial score (nSPS) is 29.6. The van der Waals surface area contributed by atoms with Crippen LogP contribution in [0.4, 0.5) is 0 Å². The molecular weight excluding hydrogens is 327 g/mol. The van der Waals surface area contributed by atoms with Gasteiger partial charge in [0.15, 0.2) is 12.4 Å². The van der Waals surface area contributed by atoms with Crippen molar-refractivity contribution < 1.29 is 23.5 Å². The number of aldehydes is 1. The number of rotatable bonds is 6. The molecule has 0 spiro atoms. The molecule has 5 nitrogen and oxygen atoms in total. The average Bonchev–Trinajstić information content (AvgIpc) is 2.90. The first-order valence-corrected chi connectivity index (χ1v) is 9.24. The van der Waals surface area contributed by atoms with Crippen LogP contribution in [0.15, 0.2) is 30.3 Å². The topological polar surface area (TPSA) is 77.5 Å². The standard InChI is InChI=1S/C18H20O5P/c1-17(2)14-8-9-18(17,16(21)15(14)20)10-12(11-19)23-24(22)13-6-4-3-5-7-13/h3-7,11-12,14H,8-10H2,1-2H3/q+1. The number of ketones is 2. The van der Waals surface area contributed by atoms with E-state index in [9.17, 15) is 18.9 Å². The molecule has 2 saturated carbocycles. The maximum Gasteiger partial charge on any atom is 0.549 e. The molecule has 0 saturated heterocycles. The lowest BCUT2D eigenvalue weighted by molar-refractivity contribution is -0.143. The van der Waals surface area contributed by atoms with Crippen molar-refractivity contribution in [3.8, 4) is 0 Å². The summed E-state index contributed by atoms with van der Waals surface area (Å²) in [4.78, 5) is 36.2. The molecule has 0 amide bonds. The molecule has 0 N–H and O–H groups in total. The van der Waals surface area contributed by atoms with Crippen LogP contribution < -0.4 is 5.30 Å². The van der Waals surface area contributed by atoms with Crippen molar-refractivity contribution >= 4 is 31.2 Å². The Morgan fingerprint density at radius 2 is 1.96 bits per heavy atom. The number of fused-ring (bicyclic) bond motifs is 2. The van der Waals surface area contributed by atoms with Crippen LogP contribution in [0.25, 0.3) is 0 Å². The van der Waals surface area contributed by atoms with Gasteiger partial charge in [0.1, 0.15) is 0 Å². The van der Waals surface area contributed by atoms with E-state index in [1.54, 1.807) is 30.3 Å².